The van der Waals surface area contributed by atoms with Crippen molar-refractivity contribution in [1.82, 2.24) is 0 Å². The minimum absolute atomic E-state index is 0.0718. The van der Waals surface area contributed by atoms with Gasteiger partial charge in [-0.05, 0) is 0 Å². The molecule has 0 aromatic rings. The monoisotopic (exact) mass is 244 g/mol. The van der Waals surface area contributed by atoms with E-state index in [2.05, 4.69) is 0 Å². The lowest BCUT2D eigenvalue weighted by molar-refractivity contribution is -0.158. The van der Waals surface area contributed by atoms with Crippen molar-refractivity contribution in [2.24, 2.45) is 0 Å². The molecule has 1 heterocycles. The van der Waals surface area contributed by atoms with E-state index in [9.17, 15) is 14.4 Å². The largest absolute Gasteiger partial charge is 0.466 e. The Bertz CT molecular complexity index is 324. The summed E-state index contributed by atoms with van der Waals surface area (Å²) in [6, 6.07) is 0. The first kappa shape index (κ1) is 13.6. The molecule has 0 aliphatic carbocycles. The minimum Gasteiger partial charge on any atom is -0.466 e. The van der Waals surface area contributed by atoms with Gasteiger partial charge in [0.25, 0.3) is 0 Å². The van der Waals surface area contributed by atoms with Crippen LogP contribution in [0.3, 0.4) is 0 Å². The van der Waals surface area contributed by atoms with Crippen molar-refractivity contribution in [3.8, 4) is 0 Å². The van der Waals surface area contributed by atoms with Crippen LogP contribution in [0.1, 0.15) is 26.7 Å². The first-order chi connectivity index (χ1) is 7.96. The highest BCUT2D eigenvalue weighted by atomic mass is 16.6. The van der Waals surface area contributed by atoms with E-state index in [-0.39, 0.29) is 25.4 Å². The van der Waals surface area contributed by atoms with Gasteiger partial charge in [-0.3, -0.25) is 14.4 Å². The van der Waals surface area contributed by atoms with Gasteiger partial charge < -0.3 is 14.2 Å². The van der Waals surface area contributed by atoms with Crippen LogP contribution in [-0.2, 0) is 28.6 Å². The summed E-state index contributed by atoms with van der Waals surface area (Å²) >= 11 is 0. The molecule has 1 fully saturated rings. The molecule has 1 aliphatic heterocycles. The predicted octanol–water partition coefficient (Wildman–Crippen LogP) is 0.231. The van der Waals surface area contributed by atoms with Crippen molar-refractivity contribution in [3.05, 3.63) is 0 Å². The van der Waals surface area contributed by atoms with Gasteiger partial charge in [0.1, 0.15) is 6.61 Å². The maximum absolute atomic E-state index is 11.7. The van der Waals surface area contributed by atoms with Gasteiger partial charge in [-0.2, -0.15) is 0 Å². The number of hydrogen-bond donors (Lipinski definition) is 0. The number of esters is 2. The fourth-order valence-electron chi connectivity index (χ4n) is 1.63. The zero-order valence-electron chi connectivity index (χ0n) is 9.99. The molecule has 0 bridgehead atoms. The first-order valence-corrected chi connectivity index (χ1v) is 5.40. The average Bonchev–Trinajstić information content (AvgIpc) is 2.58. The molecule has 1 atom stereocenters. The van der Waals surface area contributed by atoms with Gasteiger partial charge in [0, 0.05) is 26.7 Å². The van der Waals surface area contributed by atoms with E-state index in [1.165, 1.54) is 13.8 Å². The summed E-state index contributed by atoms with van der Waals surface area (Å²) in [7, 11) is 0. The van der Waals surface area contributed by atoms with Crippen molar-refractivity contribution in [1.29, 1.82) is 0 Å². The fraction of sp³-hybridized carbons (Fsp3) is 0.727. The molecular formula is C11H16O6. The van der Waals surface area contributed by atoms with E-state index < -0.39 is 17.5 Å². The van der Waals surface area contributed by atoms with E-state index >= 15 is 0 Å². The quantitative estimate of drug-likeness (QED) is 0.644. The molecule has 0 spiro atoms. The first-order valence-electron chi connectivity index (χ1n) is 5.40. The third kappa shape index (κ3) is 3.81. The van der Waals surface area contributed by atoms with E-state index in [1.54, 1.807) is 0 Å². The van der Waals surface area contributed by atoms with E-state index in [1.807, 2.05) is 0 Å². The lowest BCUT2D eigenvalue weighted by Crippen LogP contribution is -2.42. The Balaban J connectivity index is 2.56. The molecule has 0 amide bonds. The molecule has 1 unspecified atom stereocenters. The summed E-state index contributed by atoms with van der Waals surface area (Å²) in [5.74, 6) is -1.01. The molecule has 0 aromatic heterocycles. The van der Waals surface area contributed by atoms with Crippen molar-refractivity contribution in [2.45, 2.75) is 32.3 Å². The van der Waals surface area contributed by atoms with Crippen LogP contribution in [0, 0.1) is 0 Å². The van der Waals surface area contributed by atoms with Crippen molar-refractivity contribution in [2.75, 3.05) is 19.8 Å². The zero-order chi connectivity index (χ0) is 12.9. The summed E-state index contributed by atoms with van der Waals surface area (Å²) in [5, 5.41) is 0. The number of hydrogen-bond acceptors (Lipinski definition) is 6. The van der Waals surface area contributed by atoms with Gasteiger partial charge in [-0.1, -0.05) is 0 Å². The van der Waals surface area contributed by atoms with E-state index in [0.717, 1.165) is 0 Å². The van der Waals surface area contributed by atoms with Gasteiger partial charge in [0.05, 0.1) is 13.2 Å². The standard InChI is InChI=1S/C11H16O6/c1-8(12)15-6-4-11(7-16-9(2)13)10(14)3-5-17-11/h3-7H2,1-2H3. The summed E-state index contributed by atoms with van der Waals surface area (Å²) in [6.07, 6.45) is 0.500. The molecule has 0 N–H and O–H groups in total. The fourth-order valence-corrected chi connectivity index (χ4v) is 1.63. The van der Waals surface area contributed by atoms with Crippen LogP contribution in [0.5, 0.6) is 0 Å². The van der Waals surface area contributed by atoms with Gasteiger partial charge >= 0.3 is 11.9 Å². The number of carbonyl (C=O) groups excluding carboxylic acids is 3. The number of Topliss-reactive ketones (excluding diaryl/α,β-unsaturated/α-hetero) is 1. The maximum atomic E-state index is 11.7. The SMILES string of the molecule is CC(=O)OCCC1(COC(C)=O)OCCC1=O. The molecule has 1 saturated heterocycles. The lowest BCUT2D eigenvalue weighted by atomic mass is 9.96. The van der Waals surface area contributed by atoms with Crippen molar-refractivity contribution >= 4 is 17.7 Å². The number of carbonyl (C=O) groups is 3. The molecule has 6 heteroatoms. The Labute approximate surface area is 99.2 Å². The highest BCUT2D eigenvalue weighted by Gasteiger charge is 2.44. The van der Waals surface area contributed by atoms with E-state index in [0.29, 0.717) is 13.0 Å². The Morgan fingerprint density at radius 1 is 1.29 bits per heavy atom. The molecular weight excluding hydrogens is 228 g/mol. The van der Waals surface area contributed by atoms with Crippen LogP contribution >= 0.6 is 0 Å². The van der Waals surface area contributed by atoms with Crippen LogP contribution < -0.4 is 0 Å². The van der Waals surface area contributed by atoms with Crippen LogP contribution in [0.25, 0.3) is 0 Å². The third-order valence-corrected chi connectivity index (χ3v) is 2.54. The summed E-state index contributed by atoms with van der Waals surface area (Å²) in [4.78, 5) is 33.1. The number of ether oxygens (including phenoxy) is 3. The van der Waals surface area contributed by atoms with Crippen LogP contribution in [-0.4, -0.2) is 43.1 Å². The van der Waals surface area contributed by atoms with Crippen molar-refractivity contribution in [3.63, 3.8) is 0 Å². The molecule has 1 rings (SSSR count). The third-order valence-electron chi connectivity index (χ3n) is 2.54. The highest BCUT2D eigenvalue weighted by molar-refractivity contribution is 5.89. The maximum Gasteiger partial charge on any atom is 0.302 e. The highest BCUT2D eigenvalue weighted by Crippen LogP contribution is 2.26. The smallest absolute Gasteiger partial charge is 0.302 e. The van der Waals surface area contributed by atoms with Crippen LogP contribution in [0.15, 0.2) is 0 Å². The molecule has 17 heavy (non-hydrogen) atoms. The molecule has 1 aliphatic rings. The number of ketones is 1. The second kappa shape index (κ2) is 5.77. The molecule has 6 nitrogen and oxygen atoms in total. The minimum atomic E-state index is -1.14. The van der Waals surface area contributed by atoms with Gasteiger partial charge in [-0.15, -0.1) is 0 Å². The second-order valence-electron chi connectivity index (χ2n) is 3.89. The normalized spacial score (nSPS) is 23.5. The predicted molar refractivity (Wildman–Crippen MR) is 56.2 cm³/mol. The van der Waals surface area contributed by atoms with Crippen LogP contribution in [0.4, 0.5) is 0 Å². The molecule has 0 aromatic carbocycles. The van der Waals surface area contributed by atoms with Gasteiger partial charge in [-0.25, -0.2) is 0 Å². The summed E-state index contributed by atoms with van der Waals surface area (Å²) < 4.78 is 15.0. The van der Waals surface area contributed by atoms with Gasteiger partial charge in [0.2, 0.25) is 0 Å². The Kier molecular flexibility index (Phi) is 4.62. The van der Waals surface area contributed by atoms with Gasteiger partial charge in [0.15, 0.2) is 11.4 Å². The Morgan fingerprint density at radius 2 is 1.94 bits per heavy atom. The second-order valence-corrected chi connectivity index (χ2v) is 3.89. The lowest BCUT2D eigenvalue weighted by Gasteiger charge is -2.25. The molecule has 0 saturated carbocycles. The van der Waals surface area contributed by atoms with Crippen LogP contribution in [0.2, 0.25) is 0 Å². The molecule has 96 valence electrons. The average molecular weight is 244 g/mol. The molecule has 0 radical (unpaired) electrons. The van der Waals surface area contributed by atoms with E-state index in [4.69, 9.17) is 14.2 Å². The zero-order valence-corrected chi connectivity index (χ0v) is 9.99. The Morgan fingerprint density at radius 3 is 2.41 bits per heavy atom. The summed E-state index contributed by atoms with van der Waals surface area (Å²) in [6.45, 7) is 2.81. The van der Waals surface area contributed by atoms with Crippen molar-refractivity contribution < 1.29 is 28.6 Å². The summed E-state index contributed by atoms with van der Waals surface area (Å²) in [5.41, 5.74) is -1.14. The number of rotatable bonds is 5. The topological polar surface area (TPSA) is 78.9 Å². The Hall–Kier alpha value is -1.43.